The van der Waals surface area contributed by atoms with Crippen LogP contribution >= 0.6 is 0 Å². The largest absolute Gasteiger partial charge is 0.425 e. The molecule has 3 nitrogen and oxygen atoms in total. The highest BCUT2D eigenvalue weighted by atomic mass is 16.5. The van der Waals surface area contributed by atoms with Crippen molar-refractivity contribution in [1.29, 1.82) is 0 Å². The Kier molecular flexibility index (Phi) is 4.91. The lowest BCUT2D eigenvalue weighted by Crippen LogP contribution is -2.38. The molecule has 0 saturated carbocycles. The van der Waals surface area contributed by atoms with Crippen molar-refractivity contribution in [3.63, 3.8) is 0 Å². The Balaban J connectivity index is 2.07. The lowest BCUT2D eigenvalue weighted by Gasteiger charge is -2.37. The maximum absolute atomic E-state index is 6.41. The Morgan fingerprint density at radius 2 is 1.86 bits per heavy atom. The van der Waals surface area contributed by atoms with Crippen LogP contribution in [0.15, 0.2) is 36.7 Å². The van der Waals surface area contributed by atoms with E-state index in [4.69, 9.17) is 4.65 Å². The molecule has 0 aromatic heterocycles. The van der Waals surface area contributed by atoms with Gasteiger partial charge in [0.1, 0.15) is 0 Å². The minimum atomic E-state index is -0.0477. The average Bonchev–Trinajstić information content (AvgIpc) is 2.71. The molecule has 1 aromatic rings. The Bertz CT molecular complexity index is 526. The lowest BCUT2D eigenvalue weighted by molar-refractivity contribution is 0.0147. The topological polar surface area (TPSA) is 33.3 Å². The van der Waals surface area contributed by atoms with Gasteiger partial charge in [0.25, 0.3) is 0 Å². The van der Waals surface area contributed by atoms with Crippen molar-refractivity contribution in [3.05, 3.63) is 36.7 Å². The van der Waals surface area contributed by atoms with Crippen LogP contribution in [-0.4, -0.2) is 19.1 Å². The van der Waals surface area contributed by atoms with Crippen molar-refractivity contribution in [2.45, 2.75) is 53.0 Å². The third-order valence-corrected chi connectivity index (χ3v) is 5.17. The van der Waals surface area contributed by atoms with Crippen molar-refractivity contribution in [3.8, 4) is 0 Å². The molecule has 0 spiro atoms. The van der Waals surface area contributed by atoms with Crippen molar-refractivity contribution >= 4 is 18.1 Å². The molecule has 2 N–H and O–H groups in total. The van der Waals surface area contributed by atoms with Gasteiger partial charge in [-0.2, -0.15) is 0 Å². The van der Waals surface area contributed by atoms with E-state index in [1.807, 2.05) is 0 Å². The van der Waals surface area contributed by atoms with Gasteiger partial charge in [-0.3, -0.25) is 0 Å². The van der Waals surface area contributed by atoms with E-state index in [-0.39, 0.29) is 17.9 Å². The molecule has 22 heavy (non-hydrogen) atoms. The monoisotopic (exact) mass is 300 g/mol. The number of hydrogen-bond donors (Lipinski definition) is 2. The van der Waals surface area contributed by atoms with E-state index < -0.39 is 0 Å². The first kappa shape index (κ1) is 16.9. The summed E-state index contributed by atoms with van der Waals surface area (Å²) in [6, 6.07) is 8.50. The first-order chi connectivity index (χ1) is 10.3. The molecule has 0 radical (unpaired) electrons. The van der Waals surface area contributed by atoms with Crippen molar-refractivity contribution in [2.24, 2.45) is 5.41 Å². The summed E-state index contributed by atoms with van der Waals surface area (Å²) in [5, 5.41) is 6.42. The smallest absolute Gasteiger partial charge is 0.327 e. The third-order valence-electron chi connectivity index (χ3n) is 5.17. The zero-order chi connectivity index (χ0) is 16.4. The lowest BCUT2D eigenvalue weighted by atomic mass is 9.54. The van der Waals surface area contributed by atoms with E-state index in [0.29, 0.717) is 0 Å². The van der Waals surface area contributed by atoms with Crippen molar-refractivity contribution in [2.75, 3.05) is 11.9 Å². The highest BCUT2D eigenvalue weighted by Crippen LogP contribution is 2.47. The van der Waals surface area contributed by atoms with Gasteiger partial charge >= 0.3 is 6.92 Å². The zero-order valence-electron chi connectivity index (χ0n) is 14.6. The molecule has 0 bridgehead atoms. The number of nitrogens with one attached hydrogen (secondary N) is 2. The van der Waals surface area contributed by atoms with Gasteiger partial charge in [-0.05, 0) is 49.6 Å². The zero-order valence-corrected chi connectivity index (χ0v) is 14.6. The van der Waals surface area contributed by atoms with Crippen LogP contribution in [0.3, 0.4) is 0 Å². The van der Waals surface area contributed by atoms with Crippen molar-refractivity contribution < 1.29 is 4.65 Å². The Hall–Kier alpha value is -1.42. The fourth-order valence-electron chi connectivity index (χ4n) is 3.16. The Morgan fingerprint density at radius 3 is 2.36 bits per heavy atom. The van der Waals surface area contributed by atoms with Crippen LogP contribution in [0, 0.1) is 5.41 Å². The molecule has 1 saturated heterocycles. The fraction of sp³-hybridized carbons (Fsp3) is 0.556. The Morgan fingerprint density at radius 1 is 1.23 bits per heavy atom. The maximum atomic E-state index is 6.41. The molecule has 0 amide bonds. The quantitative estimate of drug-likeness (QED) is 0.788. The summed E-state index contributed by atoms with van der Waals surface area (Å²) < 4.78 is 6.41. The van der Waals surface area contributed by atoms with Crippen LogP contribution in [0.1, 0.15) is 41.0 Å². The van der Waals surface area contributed by atoms with Gasteiger partial charge in [-0.25, -0.2) is 0 Å². The molecule has 0 aliphatic carbocycles. The second-order valence-electron chi connectivity index (χ2n) is 7.03. The summed E-state index contributed by atoms with van der Waals surface area (Å²) >= 11 is 0. The molecule has 1 aliphatic heterocycles. The molecule has 1 aliphatic rings. The molecular weight excluding hydrogens is 271 g/mol. The van der Waals surface area contributed by atoms with E-state index in [1.54, 1.807) is 0 Å². The minimum Gasteiger partial charge on any atom is -0.425 e. The van der Waals surface area contributed by atoms with E-state index in [0.717, 1.165) is 30.8 Å². The second-order valence-corrected chi connectivity index (χ2v) is 7.03. The predicted molar refractivity (Wildman–Crippen MR) is 96.6 cm³/mol. The minimum absolute atomic E-state index is 0.0477. The van der Waals surface area contributed by atoms with Gasteiger partial charge in [0, 0.05) is 12.2 Å². The van der Waals surface area contributed by atoms with Gasteiger partial charge in [0.15, 0.2) is 0 Å². The summed E-state index contributed by atoms with van der Waals surface area (Å²) in [6.45, 7) is 16.1. The molecule has 1 fully saturated rings. The third kappa shape index (κ3) is 3.32. The average molecular weight is 300 g/mol. The normalized spacial score (nSPS) is 23.4. The molecule has 120 valence electrons. The van der Waals surface area contributed by atoms with Crippen LogP contribution in [0.25, 0.3) is 0 Å². The molecular formula is C18H29BN2O. The van der Waals surface area contributed by atoms with Crippen LogP contribution in [0.5, 0.6) is 0 Å². The highest BCUT2D eigenvalue weighted by Gasteiger charge is 2.51. The molecule has 2 rings (SSSR count). The summed E-state index contributed by atoms with van der Waals surface area (Å²) in [5.41, 5.74) is 2.45. The number of anilines is 1. The van der Waals surface area contributed by atoms with Crippen LogP contribution in [0.2, 0.25) is 6.32 Å². The van der Waals surface area contributed by atoms with Gasteiger partial charge in [-0.1, -0.05) is 39.5 Å². The summed E-state index contributed by atoms with van der Waals surface area (Å²) in [7, 11) is 0. The van der Waals surface area contributed by atoms with E-state index in [2.05, 4.69) is 76.1 Å². The van der Waals surface area contributed by atoms with Gasteiger partial charge in [-0.15, -0.1) is 0 Å². The molecule has 1 aromatic carbocycles. The standard InChI is InChI=1S/C18H29BN2O/c1-7-18(6)17(4,5)13-19(22-18)15-9-11-16(12-10-15)21-14(3)20-8-2/h9-12,20-21H,3,7-8,13H2,1-2,4-6H3. The number of rotatable bonds is 6. The van der Waals surface area contributed by atoms with E-state index >= 15 is 0 Å². The Labute approximate surface area is 135 Å². The fourth-order valence-corrected chi connectivity index (χ4v) is 3.16. The van der Waals surface area contributed by atoms with Crippen LogP contribution in [-0.2, 0) is 4.65 Å². The van der Waals surface area contributed by atoms with Crippen LogP contribution in [0.4, 0.5) is 5.69 Å². The number of benzene rings is 1. The molecule has 1 atom stereocenters. The number of hydrogen-bond acceptors (Lipinski definition) is 3. The summed E-state index contributed by atoms with van der Waals surface area (Å²) in [6.07, 6.45) is 2.10. The maximum Gasteiger partial charge on any atom is 0.327 e. The van der Waals surface area contributed by atoms with Gasteiger partial charge < -0.3 is 15.3 Å². The molecule has 1 heterocycles. The predicted octanol–water partition coefficient (Wildman–Crippen LogP) is 3.60. The van der Waals surface area contributed by atoms with Crippen LogP contribution < -0.4 is 16.1 Å². The molecule has 1 unspecified atom stereocenters. The van der Waals surface area contributed by atoms with Crippen molar-refractivity contribution in [1.82, 2.24) is 5.32 Å². The summed E-state index contributed by atoms with van der Waals surface area (Å²) in [5.74, 6) is 0.826. The molecule has 4 heteroatoms. The first-order valence-electron chi connectivity index (χ1n) is 8.29. The van der Waals surface area contributed by atoms with E-state index in [1.165, 1.54) is 5.46 Å². The van der Waals surface area contributed by atoms with E-state index in [9.17, 15) is 0 Å². The SMILES string of the molecule is C=C(NCC)Nc1ccc(B2CC(C)(C)C(C)(CC)O2)cc1. The second kappa shape index (κ2) is 6.37. The first-order valence-corrected chi connectivity index (χ1v) is 8.29. The summed E-state index contributed by atoms with van der Waals surface area (Å²) in [4.78, 5) is 0. The van der Waals surface area contributed by atoms with Gasteiger partial charge in [0.05, 0.1) is 11.4 Å². The highest BCUT2D eigenvalue weighted by molar-refractivity contribution is 6.68. The van der Waals surface area contributed by atoms with Gasteiger partial charge in [0.2, 0.25) is 0 Å².